The van der Waals surface area contributed by atoms with Crippen molar-refractivity contribution in [2.24, 2.45) is 5.84 Å². The molecule has 80 valence electrons. The van der Waals surface area contributed by atoms with Crippen molar-refractivity contribution in [1.29, 1.82) is 0 Å². The molecule has 0 heterocycles. The van der Waals surface area contributed by atoms with Crippen LogP contribution in [0.3, 0.4) is 0 Å². The molecular weight excluding hydrogens is 193 g/mol. The van der Waals surface area contributed by atoms with Gasteiger partial charge in [0.15, 0.2) is 0 Å². The molecule has 0 aliphatic carbocycles. The predicted molar refractivity (Wildman–Crippen MR) is 59.6 cm³/mol. The van der Waals surface area contributed by atoms with Gasteiger partial charge in [-0.25, -0.2) is 4.39 Å². The Labute approximate surface area is 88.8 Å². The lowest BCUT2D eigenvalue weighted by Crippen LogP contribution is -2.08. The molecule has 15 heavy (non-hydrogen) atoms. The van der Waals surface area contributed by atoms with E-state index in [9.17, 15) is 4.39 Å². The van der Waals surface area contributed by atoms with E-state index in [2.05, 4.69) is 22.6 Å². The van der Waals surface area contributed by atoms with E-state index in [1.807, 2.05) is 7.05 Å². The van der Waals surface area contributed by atoms with Crippen LogP contribution in [0.25, 0.3) is 0 Å². The average Bonchev–Trinajstić information content (AvgIpc) is 2.25. The average molecular weight is 207 g/mol. The number of anilines is 1. The number of hydrogen-bond acceptors (Lipinski definition) is 3. The summed E-state index contributed by atoms with van der Waals surface area (Å²) in [4.78, 5) is 0. The molecule has 0 saturated heterocycles. The van der Waals surface area contributed by atoms with Crippen LogP contribution in [0.5, 0.6) is 0 Å². The molecule has 1 aromatic carbocycles. The summed E-state index contributed by atoms with van der Waals surface area (Å²) < 4.78 is 13.2. The van der Waals surface area contributed by atoms with Crippen molar-refractivity contribution in [2.45, 2.75) is 6.42 Å². The molecule has 4 N–H and O–H groups in total. The van der Waals surface area contributed by atoms with E-state index in [1.165, 1.54) is 6.07 Å². The molecule has 0 fully saturated rings. The summed E-state index contributed by atoms with van der Waals surface area (Å²) in [6, 6.07) is 4.66. The molecule has 0 saturated carbocycles. The van der Waals surface area contributed by atoms with Crippen LogP contribution in [-0.2, 0) is 0 Å². The minimum atomic E-state index is -0.391. The van der Waals surface area contributed by atoms with Crippen LogP contribution in [-0.4, -0.2) is 13.6 Å². The van der Waals surface area contributed by atoms with Crippen LogP contribution in [0, 0.1) is 17.7 Å². The van der Waals surface area contributed by atoms with Crippen molar-refractivity contribution in [3.05, 3.63) is 29.6 Å². The third kappa shape index (κ3) is 3.58. The van der Waals surface area contributed by atoms with Gasteiger partial charge in [-0.05, 0) is 25.2 Å². The lowest BCUT2D eigenvalue weighted by atomic mass is 10.2. The fourth-order valence-electron chi connectivity index (χ4n) is 1.06. The van der Waals surface area contributed by atoms with Crippen LogP contribution in [0.4, 0.5) is 10.1 Å². The molecule has 3 nitrogen and oxygen atoms in total. The highest BCUT2D eigenvalue weighted by atomic mass is 19.1. The first-order valence-electron chi connectivity index (χ1n) is 4.67. The number of hydrogen-bond donors (Lipinski definition) is 3. The molecule has 0 unspecified atom stereocenters. The Hall–Kier alpha value is -1.57. The van der Waals surface area contributed by atoms with E-state index in [-0.39, 0.29) is 5.69 Å². The maximum Gasteiger partial charge on any atom is 0.148 e. The second kappa shape index (κ2) is 6.02. The maximum atomic E-state index is 13.2. The number of nitrogens with two attached hydrogens (primary N) is 1. The molecule has 0 bridgehead atoms. The van der Waals surface area contributed by atoms with Gasteiger partial charge in [0.25, 0.3) is 0 Å². The number of benzene rings is 1. The van der Waals surface area contributed by atoms with E-state index in [4.69, 9.17) is 5.84 Å². The zero-order chi connectivity index (χ0) is 11.1. The SMILES string of the molecule is CNCCC#Cc1ccc(NN)c(F)c1. The Bertz CT molecular complexity index is 379. The van der Waals surface area contributed by atoms with Crippen LogP contribution < -0.4 is 16.6 Å². The maximum absolute atomic E-state index is 13.2. The first-order chi connectivity index (χ1) is 7.27. The van der Waals surface area contributed by atoms with E-state index >= 15 is 0 Å². The summed E-state index contributed by atoms with van der Waals surface area (Å²) in [5.74, 6) is 10.5. The standard InChI is InChI=1S/C11H14FN3/c1-14-7-3-2-4-9-5-6-11(15-13)10(12)8-9/h5-6,8,14-15H,3,7,13H2,1H3. The zero-order valence-corrected chi connectivity index (χ0v) is 8.60. The Morgan fingerprint density at radius 3 is 2.87 bits per heavy atom. The van der Waals surface area contributed by atoms with E-state index in [0.29, 0.717) is 5.56 Å². The van der Waals surface area contributed by atoms with Crippen LogP contribution in [0.15, 0.2) is 18.2 Å². The molecule has 0 aliphatic heterocycles. The lowest BCUT2D eigenvalue weighted by molar-refractivity contribution is 0.630. The topological polar surface area (TPSA) is 50.1 Å². The molecular formula is C11H14FN3. The summed E-state index contributed by atoms with van der Waals surface area (Å²) >= 11 is 0. The number of halogens is 1. The minimum Gasteiger partial charge on any atom is -0.321 e. The van der Waals surface area contributed by atoms with Crippen LogP contribution >= 0.6 is 0 Å². The van der Waals surface area contributed by atoms with Gasteiger partial charge in [0.05, 0.1) is 5.69 Å². The van der Waals surface area contributed by atoms with E-state index in [1.54, 1.807) is 12.1 Å². The van der Waals surface area contributed by atoms with Gasteiger partial charge in [-0.15, -0.1) is 0 Å². The van der Waals surface area contributed by atoms with Crippen molar-refractivity contribution in [3.8, 4) is 11.8 Å². The molecule has 0 radical (unpaired) electrons. The van der Waals surface area contributed by atoms with Gasteiger partial charge >= 0.3 is 0 Å². The third-order valence-corrected chi connectivity index (χ3v) is 1.86. The molecule has 0 aromatic heterocycles. The second-order valence-electron chi connectivity index (χ2n) is 2.99. The monoisotopic (exact) mass is 207 g/mol. The lowest BCUT2D eigenvalue weighted by Gasteiger charge is -2.00. The zero-order valence-electron chi connectivity index (χ0n) is 8.60. The molecule has 1 rings (SSSR count). The highest BCUT2D eigenvalue weighted by Crippen LogP contribution is 2.13. The van der Waals surface area contributed by atoms with Gasteiger partial charge in [-0.3, -0.25) is 5.84 Å². The molecule has 0 atom stereocenters. The molecule has 0 aliphatic rings. The van der Waals surface area contributed by atoms with E-state index in [0.717, 1.165) is 13.0 Å². The van der Waals surface area contributed by atoms with Gasteiger partial charge in [0, 0.05) is 18.5 Å². The fraction of sp³-hybridized carbons (Fsp3) is 0.273. The van der Waals surface area contributed by atoms with Crippen LogP contribution in [0.1, 0.15) is 12.0 Å². The summed E-state index contributed by atoms with van der Waals surface area (Å²) in [5.41, 5.74) is 3.19. The number of nitrogens with one attached hydrogen (secondary N) is 2. The predicted octanol–water partition coefficient (Wildman–Crippen LogP) is 1.07. The van der Waals surface area contributed by atoms with Gasteiger partial charge in [0.2, 0.25) is 0 Å². The molecule has 0 amide bonds. The van der Waals surface area contributed by atoms with Gasteiger partial charge in [0.1, 0.15) is 5.82 Å². The van der Waals surface area contributed by atoms with Crippen molar-refractivity contribution in [2.75, 3.05) is 19.0 Å². The summed E-state index contributed by atoms with van der Waals surface area (Å²) in [5, 5.41) is 2.98. The Kier molecular flexibility index (Phi) is 4.61. The number of hydrazine groups is 1. The summed E-state index contributed by atoms with van der Waals surface area (Å²) in [6.45, 7) is 0.831. The van der Waals surface area contributed by atoms with Crippen LogP contribution in [0.2, 0.25) is 0 Å². The number of rotatable bonds is 3. The Morgan fingerprint density at radius 1 is 1.47 bits per heavy atom. The van der Waals surface area contributed by atoms with Crippen molar-refractivity contribution in [3.63, 3.8) is 0 Å². The quantitative estimate of drug-likeness (QED) is 0.301. The number of nitrogen functional groups attached to an aromatic ring is 1. The highest BCUT2D eigenvalue weighted by molar-refractivity contribution is 5.48. The van der Waals surface area contributed by atoms with E-state index < -0.39 is 5.82 Å². The normalized spacial score (nSPS) is 9.27. The minimum absolute atomic E-state index is 0.274. The van der Waals surface area contributed by atoms with Gasteiger partial charge in [-0.2, -0.15) is 0 Å². The summed E-state index contributed by atoms with van der Waals surface area (Å²) in [7, 11) is 1.86. The Balaban J connectivity index is 2.69. The van der Waals surface area contributed by atoms with Crippen molar-refractivity contribution < 1.29 is 4.39 Å². The second-order valence-corrected chi connectivity index (χ2v) is 2.99. The highest BCUT2D eigenvalue weighted by Gasteiger charge is 1.99. The van der Waals surface area contributed by atoms with Crippen molar-refractivity contribution in [1.82, 2.24) is 5.32 Å². The van der Waals surface area contributed by atoms with Gasteiger partial charge in [-0.1, -0.05) is 11.8 Å². The van der Waals surface area contributed by atoms with Crippen molar-refractivity contribution >= 4 is 5.69 Å². The first kappa shape index (κ1) is 11.5. The molecule has 0 spiro atoms. The molecule has 4 heteroatoms. The Morgan fingerprint density at radius 2 is 2.27 bits per heavy atom. The third-order valence-electron chi connectivity index (χ3n) is 1.86. The smallest absolute Gasteiger partial charge is 0.148 e. The van der Waals surface area contributed by atoms with Gasteiger partial charge < -0.3 is 10.7 Å². The largest absolute Gasteiger partial charge is 0.321 e. The molecule has 1 aromatic rings. The fourth-order valence-corrected chi connectivity index (χ4v) is 1.06. The summed E-state index contributed by atoms with van der Waals surface area (Å²) in [6.07, 6.45) is 0.745. The first-order valence-corrected chi connectivity index (χ1v) is 4.67.